The van der Waals surface area contributed by atoms with E-state index in [1.54, 1.807) is 36.1 Å². The molecule has 3 aromatic rings. The zero-order valence-electron chi connectivity index (χ0n) is 15.0. The molecule has 0 bridgehead atoms. The molecule has 0 saturated heterocycles. The third kappa shape index (κ3) is 3.72. The second-order valence-electron chi connectivity index (χ2n) is 6.36. The number of nitrogens with zero attached hydrogens (tertiary/aromatic N) is 2. The molecule has 142 valence electrons. The first-order chi connectivity index (χ1) is 13.5. The van der Waals surface area contributed by atoms with Gasteiger partial charge in [0.25, 0.3) is 5.91 Å². The lowest BCUT2D eigenvalue weighted by molar-refractivity contribution is 0.0992. The summed E-state index contributed by atoms with van der Waals surface area (Å²) in [5.74, 6) is -0.0916. The Balaban J connectivity index is 1.47. The van der Waals surface area contributed by atoms with Crippen LogP contribution in [0, 0.1) is 6.92 Å². The van der Waals surface area contributed by atoms with E-state index >= 15 is 0 Å². The minimum absolute atomic E-state index is 0.0916. The molecule has 8 heteroatoms. The molecule has 0 spiro atoms. The third-order valence-corrected chi connectivity index (χ3v) is 5.76. The van der Waals surface area contributed by atoms with Gasteiger partial charge < -0.3 is 10.2 Å². The van der Waals surface area contributed by atoms with Crippen molar-refractivity contribution in [3.63, 3.8) is 0 Å². The maximum absolute atomic E-state index is 13.0. The number of urea groups is 1. The van der Waals surface area contributed by atoms with E-state index in [1.807, 2.05) is 24.3 Å². The van der Waals surface area contributed by atoms with E-state index in [2.05, 4.69) is 15.6 Å². The molecule has 0 radical (unpaired) electrons. The van der Waals surface area contributed by atoms with Gasteiger partial charge in [-0.25, -0.2) is 9.78 Å². The van der Waals surface area contributed by atoms with Crippen LogP contribution in [0.1, 0.15) is 20.9 Å². The van der Waals surface area contributed by atoms with E-state index < -0.39 is 6.03 Å². The third-order valence-electron chi connectivity index (χ3n) is 4.45. The van der Waals surface area contributed by atoms with E-state index in [-0.39, 0.29) is 5.91 Å². The van der Waals surface area contributed by atoms with Gasteiger partial charge in [-0.2, -0.15) is 0 Å². The highest BCUT2D eigenvalue weighted by atomic mass is 35.5. The van der Waals surface area contributed by atoms with Gasteiger partial charge in [0.1, 0.15) is 4.88 Å². The highest BCUT2D eigenvalue weighted by Gasteiger charge is 2.28. The van der Waals surface area contributed by atoms with Crippen molar-refractivity contribution < 1.29 is 9.59 Å². The summed E-state index contributed by atoms with van der Waals surface area (Å²) >= 11 is 7.02. The Morgan fingerprint density at radius 2 is 1.86 bits per heavy atom. The number of hydrogen-bond acceptors (Lipinski definition) is 4. The van der Waals surface area contributed by atoms with Crippen molar-refractivity contribution in [3.8, 4) is 0 Å². The van der Waals surface area contributed by atoms with Gasteiger partial charge in [-0.1, -0.05) is 41.1 Å². The van der Waals surface area contributed by atoms with Crippen molar-refractivity contribution >= 4 is 51.4 Å². The number of nitrogens with one attached hydrogen (secondary N) is 2. The maximum atomic E-state index is 13.0. The molecule has 2 heterocycles. The van der Waals surface area contributed by atoms with E-state index in [0.717, 1.165) is 12.1 Å². The van der Waals surface area contributed by atoms with Crippen LogP contribution in [-0.4, -0.2) is 23.5 Å². The first kappa shape index (κ1) is 18.5. The fourth-order valence-corrected chi connectivity index (χ4v) is 4.15. The van der Waals surface area contributed by atoms with Crippen molar-refractivity contribution in [3.05, 3.63) is 69.7 Å². The molecule has 1 aliphatic rings. The van der Waals surface area contributed by atoms with Crippen LogP contribution in [0.3, 0.4) is 0 Å². The maximum Gasteiger partial charge on any atom is 0.325 e. The number of carbonyl (C=O) groups excluding carboxylic acids is 2. The summed E-state index contributed by atoms with van der Waals surface area (Å²) in [6, 6.07) is 14.3. The number of aromatic nitrogens is 1. The van der Waals surface area contributed by atoms with Crippen LogP contribution in [0.15, 0.2) is 48.5 Å². The average molecular weight is 413 g/mol. The summed E-state index contributed by atoms with van der Waals surface area (Å²) in [5.41, 5.74) is 3.32. The molecule has 1 aromatic heterocycles. The zero-order chi connectivity index (χ0) is 19.7. The first-order valence-electron chi connectivity index (χ1n) is 8.72. The van der Waals surface area contributed by atoms with Crippen LogP contribution in [0.5, 0.6) is 0 Å². The number of rotatable bonds is 3. The van der Waals surface area contributed by atoms with Gasteiger partial charge in [-0.3, -0.25) is 10.1 Å². The standard InChI is InChI=1S/C20H17ClN4O2S/c1-12-17(18(26)25-11-10-13-4-2-3-5-16(13)25)28-20(22-12)24-19(27)23-15-8-6-14(21)7-9-15/h2-9H,10-11H2,1H3,(H2,22,23,24,27). The van der Waals surface area contributed by atoms with Crippen LogP contribution < -0.4 is 15.5 Å². The van der Waals surface area contributed by atoms with E-state index in [1.165, 1.54) is 16.9 Å². The van der Waals surface area contributed by atoms with Crippen LogP contribution in [-0.2, 0) is 6.42 Å². The zero-order valence-corrected chi connectivity index (χ0v) is 16.6. The molecule has 0 unspecified atom stereocenters. The van der Waals surface area contributed by atoms with Gasteiger partial charge in [0.05, 0.1) is 5.69 Å². The number of aryl methyl sites for hydroxylation is 1. The molecular formula is C20H17ClN4O2S. The Morgan fingerprint density at radius 1 is 1.11 bits per heavy atom. The number of fused-ring (bicyclic) bond motifs is 1. The predicted molar refractivity (Wildman–Crippen MR) is 113 cm³/mol. The number of carbonyl (C=O) groups is 2. The van der Waals surface area contributed by atoms with E-state index in [4.69, 9.17) is 11.6 Å². The lowest BCUT2D eigenvalue weighted by Crippen LogP contribution is -2.28. The van der Waals surface area contributed by atoms with Gasteiger partial charge in [-0.05, 0) is 49.2 Å². The van der Waals surface area contributed by atoms with Gasteiger partial charge in [0.2, 0.25) is 0 Å². The molecule has 0 atom stereocenters. The van der Waals surface area contributed by atoms with Crippen LogP contribution in [0.4, 0.5) is 21.3 Å². The topological polar surface area (TPSA) is 74.3 Å². The second-order valence-corrected chi connectivity index (χ2v) is 7.79. The number of para-hydroxylation sites is 1. The number of amides is 3. The fourth-order valence-electron chi connectivity index (χ4n) is 3.11. The SMILES string of the molecule is Cc1nc(NC(=O)Nc2ccc(Cl)cc2)sc1C(=O)N1CCc2ccccc21. The summed E-state index contributed by atoms with van der Waals surface area (Å²) in [7, 11) is 0. The van der Waals surface area contributed by atoms with E-state index in [0.29, 0.717) is 33.0 Å². The summed E-state index contributed by atoms with van der Waals surface area (Å²) < 4.78 is 0. The minimum atomic E-state index is -0.429. The molecule has 2 aromatic carbocycles. The van der Waals surface area contributed by atoms with Crippen LogP contribution in [0.2, 0.25) is 5.02 Å². The number of hydrogen-bond donors (Lipinski definition) is 2. The highest BCUT2D eigenvalue weighted by Crippen LogP contribution is 2.32. The average Bonchev–Trinajstić information content (AvgIpc) is 3.26. The van der Waals surface area contributed by atoms with E-state index in [9.17, 15) is 9.59 Å². The quantitative estimate of drug-likeness (QED) is 0.639. The molecule has 4 rings (SSSR count). The molecule has 0 fully saturated rings. The van der Waals surface area contributed by atoms with Crippen LogP contribution >= 0.6 is 22.9 Å². The molecule has 1 aliphatic heterocycles. The lowest BCUT2D eigenvalue weighted by Gasteiger charge is -2.16. The molecule has 2 N–H and O–H groups in total. The summed E-state index contributed by atoms with van der Waals surface area (Å²) in [6.45, 7) is 2.42. The molecule has 28 heavy (non-hydrogen) atoms. The highest BCUT2D eigenvalue weighted by molar-refractivity contribution is 7.17. The van der Waals surface area contributed by atoms with Crippen molar-refractivity contribution in [1.29, 1.82) is 0 Å². The molecule has 3 amide bonds. The number of thiazole rings is 1. The Kier molecular flexibility index (Phi) is 5.02. The lowest BCUT2D eigenvalue weighted by atomic mass is 10.2. The van der Waals surface area contributed by atoms with Gasteiger partial charge >= 0.3 is 6.03 Å². The fraction of sp³-hybridized carbons (Fsp3) is 0.150. The molecule has 0 aliphatic carbocycles. The number of anilines is 3. The Labute approximate surface area is 171 Å². The summed E-state index contributed by atoms with van der Waals surface area (Å²) in [4.78, 5) is 31.8. The number of benzene rings is 2. The van der Waals surface area contributed by atoms with Crippen molar-refractivity contribution in [1.82, 2.24) is 4.98 Å². The van der Waals surface area contributed by atoms with Crippen molar-refractivity contribution in [2.75, 3.05) is 22.1 Å². The summed E-state index contributed by atoms with van der Waals surface area (Å²) in [6.07, 6.45) is 0.842. The smallest absolute Gasteiger partial charge is 0.308 e. The Morgan fingerprint density at radius 3 is 2.64 bits per heavy atom. The Hall–Kier alpha value is -2.90. The van der Waals surface area contributed by atoms with Crippen molar-refractivity contribution in [2.24, 2.45) is 0 Å². The monoisotopic (exact) mass is 412 g/mol. The predicted octanol–water partition coefficient (Wildman–Crippen LogP) is 4.95. The molecular weight excluding hydrogens is 396 g/mol. The van der Waals surface area contributed by atoms with Crippen LogP contribution in [0.25, 0.3) is 0 Å². The second kappa shape index (κ2) is 7.61. The molecule has 0 saturated carbocycles. The van der Waals surface area contributed by atoms with Gasteiger partial charge in [0, 0.05) is 22.9 Å². The largest absolute Gasteiger partial charge is 0.325 e. The minimum Gasteiger partial charge on any atom is -0.308 e. The number of halogens is 1. The normalized spacial score (nSPS) is 12.6. The van der Waals surface area contributed by atoms with Gasteiger partial charge in [0.15, 0.2) is 5.13 Å². The first-order valence-corrected chi connectivity index (χ1v) is 9.91. The van der Waals surface area contributed by atoms with Crippen molar-refractivity contribution in [2.45, 2.75) is 13.3 Å². The Bertz CT molecular complexity index is 1050. The summed E-state index contributed by atoms with van der Waals surface area (Å²) in [5, 5.41) is 6.36. The molecule has 6 nitrogen and oxygen atoms in total. The van der Waals surface area contributed by atoms with Gasteiger partial charge in [-0.15, -0.1) is 0 Å².